The SMILES string of the molecule is C[C@H]1CCc2c(OC3CCC3)c(C3=CN(C)NN3)cc(F)c2N1C(=O)C1CC1. The van der Waals surface area contributed by atoms with Gasteiger partial charge in [-0.25, -0.2) is 4.39 Å². The van der Waals surface area contributed by atoms with Crippen LogP contribution in [0.2, 0.25) is 0 Å². The maximum absolute atomic E-state index is 15.4. The number of ether oxygens (including phenoxy) is 1. The van der Waals surface area contributed by atoms with E-state index in [-0.39, 0.29) is 29.8 Å². The monoisotopic (exact) mass is 386 g/mol. The maximum Gasteiger partial charge on any atom is 0.230 e. The summed E-state index contributed by atoms with van der Waals surface area (Å²) in [6.07, 6.45) is 8.64. The van der Waals surface area contributed by atoms with Gasteiger partial charge in [-0.15, -0.1) is 5.53 Å². The highest BCUT2D eigenvalue weighted by atomic mass is 19.1. The fourth-order valence-electron chi connectivity index (χ4n) is 4.26. The lowest BCUT2D eigenvalue weighted by Crippen LogP contribution is -2.44. The molecule has 2 saturated carbocycles. The molecule has 2 fully saturated rings. The van der Waals surface area contributed by atoms with Crippen LogP contribution in [0.25, 0.3) is 5.70 Å². The van der Waals surface area contributed by atoms with Crippen molar-refractivity contribution in [2.75, 3.05) is 11.9 Å². The second-order valence-electron chi connectivity index (χ2n) is 8.49. The van der Waals surface area contributed by atoms with Gasteiger partial charge in [0.15, 0.2) is 0 Å². The predicted molar refractivity (Wildman–Crippen MR) is 105 cm³/mol. The molecular weight excluding hydrogens is 359 g/mol. The topological polar surface area (TPSA) is 56.8 Å². The molecule has 28 heavy (non-hydrogen) atoms. The van der Waals surface area contributed by atoms with Crippen molar-refractivity contribution < 1.29 is 13.9 Å². The Kier molecular flexibility index (Phi) is 4.23. The molecule has 1 amide bonds. The molecule has 0 unspecified atom stereocenters. The number of hydrogen-bond acceptors (Lipinski definition) is 5. The largest absolute Gasteiger partial charge is 0.489 e. The molecule has 5 rings (SSSR count). The molecule has 0 aromatic heterocycles. The molecule has 2 aliphatic heterocycles. The van der Waals surface area contributed by atoms with Crippen molar-refractivity contribution in [1.29, 1.82) is 0 Å². The van der Waals surface area contributed by atoms with Crippen LogP contribution in [-0.2, 0) is 11.2 Å². The lowest BCUT2D eigenvalue weighted by molar-refractivity contribution is -0.120. The summed E-state index contributed by atoms with van der Waals surface area (Å²) in [5.41, 5.74) is 8.84. The molecule has 2 N–H and O–H groups in total. The summed E-state index contributed by atoms with van der Waals surface area (Å²) in [5.74, 6) is 0.510. The molecule has 1 aromatic rings. The van der Waals surface area contributed by atoms with Crippen molar-refractivity contribution in [3.63, 3.8) is 0 Å². The highest BCUT2D eigenvalue weighted by Crippen LogP contribution is 2.46. The molecule has 1 aromatic carbocycles. The molecule has 2 aliphatic carbocycles. The van der Waals surface area contributed by atoms with Crippen LogP contribution in [0.15, 0.2) is 12.3 Å². The summed E-state index contributed by atoms with van der Waals surface area (Å²) >= 11 is 0. The van der Waals surface area contributed by atoms with E-state index in [9.17, 15) is 4.79 Å². The van der Waals surface area contributed by atoms with Crippen molar-refractivity contribution in [1.82, 2.24) is 16.0 Å². The van der Waals surface area contributed by atoms with Gasteiger partial charge in [0.05, 0.1) is 17.5 Å². The van der Waals surface area contributed by atoms with Gasteiger partial charge in [0.2, 0.25) is 5.91 Å². The van der Waals surface area contributed by atoms with Gasteiger partial charge in [-0.05, 0) is 57.9 Å². The van der Waals surface area contributed by atoms with Crippen LogP contribution in [0.3, 0.4) is 0 Å². The van der Waals surface area contributed by atoms with E-state index in [0.717, 1.165) is 55.5 Å². The first-order valence-corrected chi connectivity index (χ1v) is 10.3. The van der Waals surface area contributed by atoms with E-state index < -0.39 is 0 Å². The molecule has 2 heterocycles. The zero-order valence-corrected chi connectivity index (χ0v) is 16.4. The molecule has 0 bridgehead atoms. The Balaban J connectivity index is 1.63. The van der Waals surface area contributed by atoms with Gasteiger partial charge < -0.3 is 15.1 Å². The van der Waals surface area contributed by atoms with E-state index in [2.05, 4.69) is 11.0 Å². The number of amides is 1. The van der Waals surface area contributed by atoms with Crippen molar-refractivity contribution in [3.8, 4) is 5.75 Å². The third-order valence-electron chi connectivity index (χ3n) is 6.28. The minimum atomic E-state index is -0.344. The Morgan fingerprint density at radius 1 is 1.25 bits per heavy atom. The summed E-state index contributed by atoms with van der Waals surface area (Å²) in [5, 5.41) is 1.78. The van der Waals surface area contributed by atoms with Crippen LogP contribution in [0, 0.1) is 11.7 Å². The highest BCUT2D eigenvalue weighted by molar-refractivity contribution is 5.99. The van der Waals surface area contributed by atoms with Gasteiger partial charge >= 0.3 is 0 Å². The van der Waals surface area contributed by atoms with Crippen molar-refractivity contribution >= 4 is 17.3 Å². The summed E-state index contributed by atoms with van der Waals surface area (Å²) in [6.45, 7) is 2.02. The van der Waals surface area contributed by atoms with Gasteiger partial charge in [-0.2, -0.15) is 0 Å². The molecule has 0 saturated heterocycles. The van der Waals surface area contributed by atoms with Crippen LogP contribution < -0.4 is 20.6 Å². The lowest BCUT2D eigenvalue weighted by atomic mass is 9.91. The number of carbonyl (C=O) groups excluding carboxylic acids is 1. The van der Waals surface area contributed by atoms with Crippen LogP contribution in [0.1, 0.15) is 56.6 Å². The molecule has 1 atom stereocenters. The number of fused-ring (bicyclic) bond motifs is 1. The summed E-state index contributed by atoms with van der Waals surface area (Å²) in [6, 6.07) is 1.53. The molecule has 0 spiro atoms. The Morgan fingerprint density at radius 3 is 2.64 bits per heavy atom. The lowest BCUT2D eigenvalue weighted by Gasteiger charge is -2.38. The predicted octanol–water partition coefficient (Wildman–Crippen LogP) is 3.09. The zero-order chi connectivity index (χ0) is 19.4. The molecule has 150 valence electrons. The fourth-order valence-corrected chi connectivity index (χ4v) is 4.26. The van der Waals surface area contributed by atoms with Gasteiger partial charge in [0.25, 0.3) is 0 Å². The van der Waals surface area contributed by atoms with Gasteiger partial charge in [-0.3, -0.25) is 9.80 Å². The third-order valence-corrected chi connectivity index (χ3v) is 6.28. The maximum atomic E-state index is 15.4. The second-order valence-corrected chi connectivity index (χ2v) is 8.49. The van der Waals surface area contributed by atoms with Crippen LogP contribution in [0.5, 0.6) is 5.75 Å². The number of benzene rings is 1. The zero-order valence-electron chi connectivity index (χ0n) is 16.4. The number of nitrogens with zero attached hydrogens (tertiary/aromatic N) is 2. The van der Waals surface area contributed by atoms with Gasteiger partial charge in [0, 0.05) is 36.3 Å². The average Bonchev–Trinajstić information content (AvgIpc) is 3.40. The second kappa shape index (κ2) is 6.65. The highest BCUT2D eigenvalue weighted by Gasteiger charge is 2.41. The molecular formula is C21H27FN4O2. The van der Waals surface area contributed by atoms with E-state index in [1.807, 2.05) is 20.2 Å². The first kappa shape index (κ1) is 17.8. The molecule has 7 heteroatoms. The van der Waals surface area contributed by atoms with Crippen LogP contribution >= 0.6 is 0 Å². The first-order valence-electron chi connectivity index (χ1n) is 10.3. The minimum Gasteiger partial charge on any atom is -0.489 e. The third kappa shape index (κ3) is 2.92. The smallest absolute Gasteiger partial charge is 0.230 e. The fraction of sp³-hybridized carbons (Fsp3) is 0.571. The number of nitrogens with one attached hydrogen (secondary N) is 2. The summed E-state index contributed by atoms with van der Waals surface area (Å²) < 4.78 is 21.8. The molecule has 0 radical (unpaired) electrons. The standard InChI is InChI=1S/C21H27FN4O2/c1-12-6-9-15-19(26(12)21(27)13-7-8-13)17(22)10-16(18-11-25(2)24-23-18)20(15)28-14-4-3-5-14/h10-14,23-24H,3-9H2,1-2H3/t12-/m0/s1. The summed E-state index contributed by atoms with van der Waals surface area (Å²) in [4.78, 5) is 14.7. The molecule has 6 nitrogen and oxygen atoms in total. The van der Waals surface area contributed by atoms with Crippen LogP contribution in [0.4, 0.5) is 10.1 Å². The van der Waals surface area contributed by atoms with Crippen molar-refractivity contribution in [2.45, 2.75) is 64.0 Å². The van der Waals surface area contributed by atoms with Crippen molar-refractivity contribution in [2.24, 2.45) is 5.92 Å². The number of hydrazine groups is 2. The Hall–Kier alpha value is -2.28. The van der Waals surface area contributed by atoms with E-state index >= 15 is 4.39 Å². The average molecular weight is 386 g/mol. The number of anilines is 1. The number of hydrogen-bond donors (Lipinski definition) is 2. The van der Waals surface area contributed by atoms with Gasteiger partial charge in [-0.1, -0.05) is 0 Å². The normalized spacial score (nSPS) is 24.4. The van der Waals surface area contributed by atoms with E-state index in [0.29, 0.717) is 17.7 Å². The molecule has 4 aliphatic rings. The first-order chi connectivity index (χ1) is 13.5. The number of rotatable bonds is 4. The quantitative estimate of drug-likeness (QED) is 0.833. The van der Waals surface area contributed by atoms with Gasteiger partial charge in [0.1, 0.15) is 11.6 Å². The van der Waals surface area contributed by atoms with E-state index in [1.54, 1.807) is 9.91 Å². The number of carbonyl (C=O) groups is 1. The van der Waals surface area contributed by atoms with Crippen LogP contribution in [-0.4, -0.2) is 30.1 Å². The Labute approximate surface area is 164 Å². The Morgan fingerprint density at radius 2 is 2.04 bits per heavy atom. The minimum absolute atomic E-state index is 0.00845. The van der Waals surface area contributed by atoms with E-state index in [4.69, 9.17) is 4.74 Å². The summed E-state index contributed by atoms with van der Waals surface area (Å²) in [7, 11) is 1.87. The van der Waals surface area contributed by atoms with E-state index in [1.165, 1.54) is 6.07 Å². The number of halogens is 1. The Bertz CT molecular complexity index is 847. The van der Waals surface area contributed by atoms with Crippen molar-refractivity contribution in [3.05, 3.63) is 29.2 Å².